The summed E-state index contributed by atoms with van der Waals surface area (Å²) in [4.78, 5) is 37.8. The first-order valence-corrected chi connectivity index (χ1v) is 5.76. The van der Waals surface area contributed by atoms with E-state index in [9.17, 15) is 19.7 Å². The third-order valence-corrected chi connectivity index (χ3v) is 2.70. The van der Waals surface area contributed by atoms with Gasteiger partial charge in [-0.2, -0.15) is 0 Å². The fourth-order valence-corrected chi connectivity index (χ4v) is 1.81. The van der Waals surface area contributed by atoms with Gasteiger partial charge in [0.1, 0.15) is 17.4 Å². The minimum atomic E-state index is -0.762. The lowest BCUT2D eigenvalue weighted by Crippen LogP contribution is -2.20. The van der Waals surface area contributed by atoms with Gasteiger partial charge in [-0.25, -0.2) is 9.78 Å². The summed E-state index contributed by atoms with van der Waals surface area (Å²) in [6.45, 7) is 1.75. The molecular formula is C12H11N3O5. The molecule has 8 heteroatoms. The van der Waals surface area contributed by atoms with Crippen LogP contribution in [0, 0.1) is 10.1 Å². The summed E-state index contributed by atoms with van der Waals surface area (Å²) in [5.74, 6) is -0.762. The predicted octanol–water partition coefficient (Wildman–Crippen LogP) is 1.02. The molecule has 0 radical (unpaired) electrons. The van der Waals surface area contributed by atoms with Crippen molar-refractivity contribution in [3.8, 4) is 0 Å². The van der Waals surface area contributed by atoms with Crippen molar-refractivity contribution in [3.63, 3.8) is 0 Å². The van der Waals surface area contributed by atoms with Crippen LogP contribution in [0.25, 0.3) is 11.0 Å². The lowest BCUT2D eigenvalue weighted by atomic mass is 10.2. The molecule has 0 amide bonds. The van der Waals surface area contributed by atoms with Crippen molar-refractivity contribution >= 4 is 22.7 Å². The minimum absolute atomic E-state index is 0.00672. The highest BCUT2D eigenvalue weighted by molar-refractivity contribution is 5.93. The van der Waals surface area contributed by atoms with Crippen LogP contribution in [0.1, 0.15) is 17.3 Å². The van der Waals surface area contributed by atoms with E-state index in [1.54, 1.807) is 14.0 Å². The van der Waals surface area contributed by atoms with Gasteiger partial charge in [-0.05, 0) is 6.92 Å². The van der Waals surface area contributed by atoms with Crippen molar-refractivity contribution in [1.29, 1.82) is 0 Å². The summed E-state index contributed by atoms with van der Waals surface area (Å²) in [5.41, 5.74) is -0.860. The molecule has 2 heterocycles. The van der Waals surface area contributed by atoms with Gasteiger partial charge in [-0.15, -0.1) is 0 Å². The number of ether oxygens (including phenoxy) is 1. The fourth-order valence-electron chi connectivity index (χ4n) is 1.81. The largest absolute Gasteiger partial charge is 0.462 e. The van der Waals surface area contributed by atoms with Gasteiger partial charge in [-0.3, -0.25) is 14.9 Å². The number of fused-ring (bicyclic) bond motifs is 1. The Bertz CT molecular complexity index is 766. The van der Waals surface area contributed by atoms with Gasteiger partial charge >= 0.3 is 5.97 Å². The summed E-state index contributed by atoms with van der Waals surface area (Å²) in [7, 11) is 1.59. The van der Waals surface area contributed by atoms with Crippen molar-refractivity contribution < 1.29 is 14.5 Å². The standard InChI is InChI=1S/C12H11N3O5/c1-3-20-12(17)9-6-14(2)11-8(10(9)16)4-7(5-13-11)15(18)19/h4-6H,3H2,1-2H3. The molecule has 0 aromatic carbocycles. The molecule has 0 saturated heterocycles. The Kier molecular flexibility index (Phi) is 3.47. The number of nitrogens with zero attached hydrogens (tertiary/aromatic N) is 3. The summed E-state index contributed by atoms with van der Waals surface area (Å²) in [6, 6.07) is 1.10. The fraction of sp³-hybridized carbons (Fsp3) is 0.250. The Hall–Kier alpha value is -2.77. The van der Waals surface area contributed by atoms with E-state index in [4.69, 9.17) is 4.74 Å². The number of rotatable bonds is 3. The van der Waals surface area contributed by atoms with Gasteiger partial charge in [0.25, 0.3) is 5.69 Å². The molecule has 2 aromatic heterocycles. The molecule has 8 nitrogen and oxygen atoms in total. The molecule has 0 atom stereocenters. The van der Waals surface area contributed by atoms with E-state index in [1.165, 1.54) is 10.8 Å². The van der Waals surface area contributed by atoms with Crippen LogP contribution in [0.4, 0.5) is 5.69 Å². The van der Waals surface area contributed by atoms with E-state index in [0.29, 0.717) is 0 Å². The summed E-state index contributed by atoms with van der Waals surface area (Å²) in [5, 5.41) is 10.7. The first-order chi connectivity index (χ1) is 9.45. The van der Waals surface area contributed by atoms with Crippen molar-refractivity contribution in [2.75, 3.05) is 6.61 Å². The Morgan fingerprint density at radius 3 is 2.85 bits per heavy atom. The van der Waals surface area contributed by atoms with Gasteiger partial charge in [-0.1, -0.05) is 0 Å². The van der Waals surface area contributed by atoms with E-state index in [2.05, 4.69) is 4.98 Å². The Morgan fingerprint density at radius 2 is 2.25 bits per heavy atom. The van der Waals surface area contributed by atoms with Crippen LogP contribution in [0.5, 0.6) is 0 Å². The van der Waals surface area contributed by atoms with Crippen LogP contribution in [-0.2, 0) is 11.8 Å². The predicted molar refractivity (Wildman–Crippen MR) is 69.6 cm³/mol. The van der Waals surface area contributed by atoms with Gasteiger partial charge < -0.3 is 9.30 Å². The lowest BCUT2D eigenvalue weighted by Gasteiger charge is -2.07. The summed E-state index contributed by atoms with van der Waals surface area (Å²) in [6.07, 6.45) is 2.37. The Morgan fingerprint density at radius 1 is 1.55 bits per heavy atom. The molecule has 0 saturated carbocycles. The average molecular weight is 277 g/mol. The zero-order chi connectivity index (χ0) is 14.9. The smallest absolute Gasteiger partial charge is 0.343 e. The zero-order valence-corrected chi connectivity index (χ0v) is 10.8. The molecule has 0 aliphatic rings. The van der Waals surface area contributed by atoms with Crippen LogP contribution in [0.3, 0.4) is 0 Å². The number of pyridine rings is 2. The second kappa shape index (κ2) is 5.08. The number of carbonyl (C=O) groups excluding carboxylic acids is 1. The van der Waals surface area contributed by atoms with E-state index in [0.717, 1.165) is 12.3 Å². The highest BCUT2D eigenvalue weighted by Crippen LogP contribution is 2.16. The number of aryl methyl sites for hydroxylation is 1. The third kappa shape index (κ3) is 2.22. The Labute approximate surface area is 112 Å². The second-order valence-corrected chi connectivity index (χ2v) is 4.03. The maximum atomic E-state index is 12.2. The van der Waals surface area contributed by atoms with E-state index in [-0.39, 0.29) is 28.9 Å². The molecule has 2 rings (SSSR count). The topological polar surface area (TPSA) is 104 Å². The highest BCUT2D eigenvalue weighted by Gasteiger charge is 2.18. The first kappa shape index (κ1) is 13.7. The zero-order valence-electron chi connectivity index (χ0n) is 10.8. The van der Waals surface area contributed by atoms with Gasteiger partial charge in [0.15, 0.2) is 0 Å². The number of aromatic nitrogens is 2. The molecule has 0 aliphatic heterocycles. The van der Waals surface area contributed by atoms with Crippen LogP contribution in [0.2, 0.25) is 0 Å². The van der Waals surface area contributed by atoms with Crippen LogP contribution >= 0.6 is 0 Å². The molecule has 0 unspecified atom stereocenters. The Balaban J connectivity index is 2.75. The van der Waals surface area contributed by atoms with Crippen molar-refractivity contribution in [3.05, 3.63) is 44.4 Å². The maximum Gasteiger partial charge on any atom is 0.343 e. The summed E-state index contributed by atoms with van der Waals surface area (Å²) < 4.78 is 6.23. The van der Waals surface area contributed by atoms with E-state index in [1.807, 2.05) is 0 Å². The number of esters is 1. The normalized spacial score (nSPS) is 10.5. The molecular weight excluding hydrogens is 266 g/mol. The van der Waals surface area contributed by atoms with Gasteiger partial charge in [0.2, 0.25) is 5.43 Å². The van der Waals surface area contributed by atoms with Crippen molar-refractivity contribution in [2.45, 2.75) is 6.92 Å². The molecule has 0 spiro atoms. The lowest BCUT2D eigenvalue weighted by molar-refractivity contribution is -0.385. The minimum Gasteiger partial charge on any atom is -0.462 e. The molecule has 0 fully saturated rings. The second-order valence-electron chi connectivity index (χ2n) is 4.03. The SMILES string of the molecule is CCOC(=O)c1cn(C)c2ncc([N+](=O)[O-])cc2c1=O. The molecule has 2 aromatic rings. The van der Waals surface area contributed by atoms with Gasteiger partial charge in [0.05, 0.1) is 16.9 Å². The number of nitro groups is 1. The highest BCUT2D eigenvalue weighted by atomic mass is 16.6. The maximum absolute atomic E-state index is 12.2. The molecule has 0 aliphatic carbocycles. The van der Waals surface area contributed by atoms with E-state index < -0.39 is 16.3 Å². The number of hydrogen-bond donors (Lipinski definition) is 0. The van der Waals surface area contributed by atoms with Crippen LogP contribution < -0.4 is 5.43 Å². The number of carbonyl (C=O) groups is 1. The van der Waals surface area contributed by atoms with Gasteiger partial charge in [0, 0.05) is 19.3 Å². The third-order valence-electron chi connectivity index (χ3n) is 2.70. The van der Waals surface area contributed by atoms with Crippen molar-refractivity contribution in [2.24, 2.45) is 7.05 Å². The first-order valence-electron chi connectivity index (χ1n) is 5.76. The average Bonchev–Trinajstić information content (AvgIpc) is 2.42. The molecule has 104 valence electrons. The molecule has 20 heavy (non-hydrogen) atoms. The molecule has 0 bridgehead atoms. The molecule has 0 N–H and O–H groups in total. The number of hydrogen-bond acceptors (Lipinski definition) is 6. The van der Waals surface area contributed by atoms with Crippen LogP contribution in [-0.4, -0.2) is 27.1 Å². The summed E-state index contributed by atoms with van der Waals surface area (Å²) >= 11 is 0. The monoisotopic (exact) mass is 277 g/mol. The van der Waals surface area contributed by atoms with Crippen LogP contribution in [0.15, 0.2) is 23.3 Å². The van der Waals surface area contributed by atoms with Crippen molar-refractivity contribution in [1.82, 2.24) is 9.55 Å². The van der Waals surface area contributed by atoms with E-state index >= 15 is 0 Å². The quantitative estimate of drug-likeness (QED) is 0.471.